The highest BCUT2D eigenvalue weighted by Gasteiger charge is 2.08. The molecular weight excluding hydrogens is 241 g/mol. The number of hydrogen-bond donors (Lipinski definition) is 0. The van der Waals surface area contributed by atoms with Gasteiger partial charge in [-0.25, -0.2) is 0 Å². The summed E-state index contributed by atoms with van der Waals surface area (Å²) in [6.07, 6.45) is 2.71. The summed E-state index contributed by atoms with van der Waals surface area (Å²) < 4.78 is 0. The van der Waals surface area contributed by atoms with Crippen molar-refractivity contribution in [1.82, 2.24) is 4.98 Å². The Morgan fingerprint density at radius 1 is 1.19 bits per heavy atom. The van der Waals surface area contributed by atoms with Crippen molar-refractivity contribution in [2.75, 3.05) is 0 Å². The number of pyridine rings is 1. The van der Waals surface area contributed by atoms with Gasteiger partial charge in [-0.2, -0.15) is 0 Å². The lowest BCUT2D eigenvalue weighted by atomic mass is 10.0. The van der Waals surface area contributed by atoms with E-state index >= 15 is 0 Å². The fourth-order valence-corrected chi connectivity index (χ4v) is 2.15. The van der Waals surface area contributed by atoms with Crippen LogP contribution in [-0.4, -0.2) is 4.98 Å². The Balaban J connectivity index is 2.58. The molecule has 0 amide bonds. The van der Waals surface area contributed by atoms with Gasteiger partial charge < -0.3 is 0 Å². The Morgan fingerprint density at radius 2 is 2.00 bits per heavy atom. The Morgan fingerprint density at radius 3 is 2.69 bits per heavy atom. The smallest absolute Gasteiger partial charge is 0.0748 e. The van der Waals surface area contributed by atoms with Gasteiger partial charge in [-0.05, 0) is 36.2 Å². The molecule has 1 aromatic carbocycles. The van der Waals surface area contributed by atoms with Crippen molar-refractivity contribution in [2.24, 2.45) is 0 Å². The highest BCUT2D eigenvalue weighted by atomic mass is 35.5. The van der Waals surface area contributed by atoms with Crippen molar-refractivity contribution in [3.05, 3.63) is 52.1 Å². The van der Waals surface area contributed by atoms with Gasteiger partial charge in [-0.3, -0.25) is 4.98 Å². The van der Waals surface area contributed by atoms with Crippen molar-refractivity contribution in [3.8, 4) is 11.3 Å². The lowest BCUT2D eigenvalue weighted by molar-refractivity contribution is 1.11. The minimum Gasteiger partial charge on any atom is -0.256 e. The van der Waals surface area contributed by atoms with Crippen LogP contribution >= 0.6 is 23.2 Å². The summed E-state index contributed by atoms with van der Waals surface area (Å²) in [6.45, 7) is 2.10. The molecule has 0 aliphatic carbocycles. The summed E-state index contributed by atoms with van der Waals surface area (Å²) in [4.78, 5) is 4.38. The molecular formula is C13H11Cl2N. The molecule has 0 radical (unpaired) electrons. The van der Waals surface area contributed by atoms with Crippen LogP contribution in [0.2, 0.25) is 10.0 Å². The zero-order valence-electron chi connectivity index (χ0n) is 8.87. The zero-order chi connectivity index (χ0) is 11.5. The average molecular weight is 252 g/mol. The summed E-state index contributed by atoms with van der Waals surface area (Å²) in [5, 5.41) is 1.28. The highest BCUT2D eigenvalue weighted by Crippen LogP contribution is 2.31. The van der Waals surface area contributed by atoms with Crippen LogP contribution in [0, 0.1) is 0 Å². The molecule has 0 fully saturated rings. The molecule has 0 saturated heterocycles. The van der Waals surface area contributed by atoms with Crippen LogP contribution in [-0.2, 0) is 6.42 Å². The van der Waals surface area contributed by atoms with E-state index in [1.807, 2.05) is 18.2 Å². The van der Waals surface area contributed by atoms with E-state index in [4.69, 9.17) is 23.2 Å². The summed E-state index contributed by atoms with van der Waals surface area (Å²) in [5.74, 6) is 0. The molecule has 0 saturated carbocycles. The molecule has 0 spiro atoms. The van der Waals surface area contributed by atoms with Gasteiger partial charge in [0.2, 0.25) is 0 Å². The van der Waals surface area contributed by atoms with Crippen molar-refractivity contribution in [1.29, 1.82) is 0 Å². The summed E-state index contributed by atoms with van der Waals surface area (Å²) >= 11 is 12.0. The van der Waals surface area contributed by atoms with Crippen molar-refractivity contribution in [3.63, 3.8) is 0 Å². The Bertz CT molecular complexity index is 509. The number of aryl methyl sites for hydroxylation is 1. The second-order valence-electron chi connectivity index (χ2n) is 3.49. The number of hydrogen-bond acceptors (Lipinski definition) is 1. The first kappa shape index (κ1) is 11.4. The van der Waals surface area contributed by atoms with Crippen molar-refractivity contribution < 1.29 is 0 Å². The fourth-order valence-electron chi connectivity index (χ4n) is 1.65. The number of nitrogens with zero attached hydrogens (tertiary/aromatic N) is 1. The lowest BCUT2D eigenvalue weighted by Gasteiger charge is -2.08. The van der Waals surface area contributed by atoms with Crippen molar-refractivity contribution >= 4 is 23.2 Å². The molecule has 16 heavy (non-hydrogen) atoms. The third-order valence-corrected chi connectivity index (χ3v) is 3.01. The van der Waals surface area contributed by atoms with E-state index in [-0.39, 0.29) is 0 Å². The molecule has 1 nitrogen and oxygen atoms in total. The molecule has 0 N–H and O–H groups in total. The van der Waals surface area contributed by atoms with Crippen LogP contribution in [0.3, 0.4) is 0 Å². The normalized spacial score (nSPS) is 10.4. The van der Waals surface area contributed by atoms with Crippen LogP contribution in [0.1, 0.15) is 12.5 Å². The van der Waals surface area contributed by atoms with E-state index in [9.17, 15) is 0 Å². The van der Waals surface area contributed by atoms with E-state index in [0.29, 0.717) is 10.0 Å². The number of halogens is 2. The van der Waals surface area contributed by atoms with Crippen LogP contribution in [0.4, 0.5) is 0 Å². The highest BCUT2D eigenvalue weighted by molar-refractivity contribution is 6.36. The van der Waals surface area contributed by atoms with Gasteiger partial charge in [0.25, 0.3) is 0 Å². The first-order valence-corrected chi connectivity index (χ1v) is 5.87. The topological polar surface area (TPSA) is 12.9 Å². The second kappa shape index (κ2) is 4.86. The Kier molecular flexibility index (Phi) is 3.47. The van der Waals surface area contributed by atoms with Crippen LogP contribution < -0.4 is 0 Å². The molecule has 1 aromatic heterocycles. The SMILES string of the molecule is CCc1cccnc1-c1ccc(Cl)cc1Cl. The van der Waals surface area contributed by atoms with Crippen LogP contribution in [0.25, 0.3) is 11.3 Å². The first-order chi connectivity index (χ1) is 7.72. The molecule has 3 heteroatoms. The number of aromatic nitrogens is 1. The van der Waals surface area contributed by atoms with Crippen molar-refractivity contribution in [2.45, 2.75) is 13.3 Å². The largest absolute Gasteiger partial charge is 0.256 e. The minimum absolute atomic E-state index is 0.640. The molecule has 2 aromatic rings. The van der Waals surface area contributed by atoms with Gasteiger partial charge in [0.15, 0.2) is 0 Å². The average Bonchev–Trinajstić information content (AvgIpc) is 2.29. The molecule has 0 unspecified atom stereocenters. The zero-order valence-corrected chi connectivity index (χ0v) is 10.4. The second-order valence-corrected chi connectivity index (χ2v) is 4.33. The fraction of sp³-hybridized carbons (Fsp3) is 0.154. The molecule has 1 heterocycles. The molecule has 82 valence electrons. The van der Waals surface area contributed by atoms with Crippen LogP contribution in [0.15, 0.2) is 36.5 Å². The number of rotatable bonds is 2. The van der Waals surface area contributed by atoms with Gasteiger partial charge >= 0.3 is 0 Å². The lowest BCUT2D eigenvalue weighted by Crippen LogP contribution is -1.91. The Labute approximate surface area is 105 Å². The predicted octanol–water partition coefficient (Wildman–Crippen LogP) is 4.62. The van der Waals surface area contributed by atoms with Gasteiger partial charge in [0, 0.05) is 16.8 Å². The third-order valence-electron chi connectivity index (χ3n) is 2.46. The predicted molar refractivity (Wildman–Crippen MR) is 69.1 cm³/mol. The van der Waals surface area contributed by atoms with Gasteiger partial charge in [-0.15, -0.1) is 0 Å². The molecule has 0 aliphatic heterocycles. The minimum atomic E-state index is 0.640. The van der Waals surface area contributed by atoms with Gasteiger partial charge in [0.1, 0.15) is 0 Å². The maximum atomic E-state index is 6.17. The van der Waals surface area contributed by atoms with Crippen LogP contribution in [0.5, 0.6) is 0 Å². The standard InChI is InChI=1S/C13H11Cl2N/c1-2-9-4-3-7-16-13(9)11-6-5-10(14)8-12(11)15/h3-8H,2H2,1H3. The van der Waals surface area contributed by atoms with Gasteiger partial charge in [-0.1, -0.05) is 36.2 Å². The molecule has 0 bridgehead atoms. The number of benzene rings is 1. The first-order valence-electron chi connectivity index (χ1n) is 5.11. The third kappa shape index (κ3) is 2.21. The van der Waals surface area contributed by atoms with E-state index < -0.39 is 0 Å². The van der Waals surface area contributed by atoms with E-state index in [1.165, 1.54) is 5.56 Å². The maximum absolute atomic E-state index is 6.17. The molecule has 0 atom stereocenters. The molecule has 2 rings (SSSR count). The summed E-state index contributed by atoms with van der Waals surface area (Å²) in [7, 11) is 0. The van der Waals surface area contributed by atoms with E-state index in [1.54, 1.807) is 12.3 Å². The monoisotopic (exact) mass is 251 g/mol. The summed E-state index contributed by atoms with van der Waals surface area (Å²) in [6, 6.07) is 9.48. The quantitative estimate of drug-likeness (QED) is 0.760. The van der Waals surface area contributed by atoms with E-state index in [2.05, 4.69) is 18.0 Å². The maximum Gasteiger partial charge on any atom is 0.0748 e. The summed E-state index contributed by atoms with van der Waals surface area (Å²) in [5.41, 5.74) is 3.06. The van der Waals surface area contributed by atoms with Gasteiger partial charge in [0.05, 0.1) is 10.7 Å². The molecule has 0 aliphatic rings. The van der Waals surface area contributed by atoms with E-state index in [0.717, 1.165) is 17.7 Å². The Hall–Kier alpha value is -1.05.